The van der Waals surface area contributed by atoms with Gasteiger partial charge >= 0.3 is 29.6 Å². The van der Waals surface area contributed by atoms with Gasteiger partial charge in [0.2, 0.25) is 10.4 Å². The van der Waals surface area contributed by atoms with Gasteiger partial charge in [-0.05, 0) is 12.8 Å². The summed E-state index contributed by atoms with van der Waals surface area (Å²) >= 11 is 0. The fourth-order valence-corrected chi connectivity index (χ4v) is 3.86. The van der Waals surface area contributed by atoms with E-state index in [0.29, 0.717) is 32.5 Å². The first-order chi connectivity index (χ1) is 15.5. The Kier molecular flexibility index (Phi) is 29.7. The second-order valence-corrected chi connectivity index (χ2v) is 9.47. The molecule has 9 heteroatoms. The molecule has 0 aromatic rings. The molecule has 0 rings (SSSR count). The Morgan fingerprint density at radius 1 is 0.606 bits per heavy atom. The standard InChI is InChI=1S/C24H50O7S.Na/c1-3-5-7-9-11-13-15-17-24(16-14-12-10-8-6-4-2)30-22-20-28-18-19-29-21-23-31-32(25,26)27;/h24H,3-23H2,1-2H3,(H,25,26,27);/q;+1/p-1. The van der Waals surface area contributed by atoms with Crippen LogP contribution in [-0.4, -0.2) is 58.7 Å². The van der Waals surface area contributed by atoms with Crippen molar-refractivity contribution in [1.82, 2.24) is 0 Å². The van der Waals surface area contributed by atoms with E-state index < -0.39 is 10.4 Å². The number of ether oxygens (including phenoxy) is 3. The molecule has 0 saturated carbocycles. The summed E-state index contributed by atoms with van der Waals surface area (Å²) in [5.41, 5.74) is 0. The Balaban J connectivity index is 0. The largest absolute Gasteiger partial charge is 1.00 e. The van der Waals surface area contributed by atoms with Crippen LogP contribution in [0.2, 0.25) is 0 Å². The van der Waals surface area contributed by atoms with Crippen molar-refractivity contribution in [3.05, 3.63) is 0 Å². The summed E-state index contributed by atoms with van der Waals surface area (Å²) in [5, 5.41) is 0. The van der Waals surface area contributed by atoms with Crippen LogP contribution in [0.3, 0.4) is 0 Å². The van der Waals surface area contributed by atoms with Crippen molar-refractivity contribution in [3.8, 4) is 0 Å². The molecule has 33 heavy (non-hydrogen) atoms. The van der Waals surface area contributed by atoms with Crippen LogP contribution in [-0.2, 0) is 28.8 Å². The first-order valence-electron chi connectivity index (χ1n) is 12.9. The van der Waals surface area contributed by atoms with E-state index in [0.717, 1.165) is 12.8 Å². The van der Waals surface area contributed by atoms with Crippen LogP contribution in [0.4, 0.5) is 0 Å². The van der Waals surface area contributed by atoms with E-state index in [1.54, 1.807) is 0 Å². The number of hydrogen-bond donors (Lipinski definition) is 0. The summed E-state index contributed by atoms with van der Waals surface area (Å²) in [6.07, 6.45) is 19.6. The van der Waals surface area contributed by atoms with Crippen LogP contribution < -0.4 is 29.6 Å². The maximum atomic E-state index is 10.3. The normalized spacial score (nSPS) is 12.6. The minimum atomic E-state index is -4.64. The van der Waals surface area contributed by atoms with Crippen molar-refractivity contribution >= 4 is 10.4 Å². The molecule has 0 spiro atoms. The first kappa shape index (κ1) is 35.9. The molecule has 1 unspecified atom stereocenters. The van der Waals surface area contributed by atoms with Crippen LogP contribution in [0.15, 0.2) is 0 Å². The molecule has 0 aromatic heterocycles. The zero-order chi connectivity index (χ0) is 23.8. The van der Waals surface area contributed by atoms with E-state index >= 15 is 0 Å². The second-order valence-electron chi connectivity index (χ2n) is 8.41. The van der Waals surface area contributed by atoms with Gasteiger partial charge in [-0.3, -0.25) is 4.18 Å². The third-order valence-corrected chi connectivity index (χ3v) is 5.87. The molecule has 194 valence electrons. The minimum Gasteiger partial charge on any atom is -0.726 e. The van der Waals surface area contributed by atoms with Gasteiger partial charge in [-0.1, -0.05) is 97.3 Å². The molecule has 1 atom stereocenters. The quantitative estimate of drug-likeness (QED) is 0.0774. The smallest absolute Gasteiger partial charge is 0.726 e. The number of unbranched alkanes of at least 4 members (excludes halogenated alkanes) is 11. The molecule has 0 radical (unpaired) electrons. The average Bonchev–Trinajstić information content (AvgIpc) is 2.75. The molecule has 0 bridgehead atoms. The van der Waals surface area contributed by atoms with Gasteiger partial charge in [0.1, 0.15) is 0 Å². The fraction of sp³-hybridized carbons (Fsp3) is 1.00. The summed E-state index contributed by atoms with van der Waals surface area (Å²) < 4.78 is 51.7. The summed E-state index contributed by atoms with van der Waals surface area (Å²) in [5.74, 6) is 0. The molecule has 0 aliphatic rings. The van der Waals surface area contributed by atoms with Crippen molar-refractivity contribution < 1.29 is 60.9 Å². The van der Waals surface area contributed by atoms with Crippen LogP contribution in [0.1, 0.15) is 110 Å². The SMILES string of the molecule is CCCCCCCCCC(CCCCCCCC)OCCOCCOCCOS(=O)(=O)[O-].[Na+]. The minimum absolute atomic E-state index is 0. The zero-order valence-corrected chi connectivity index (χ0v) is 24.5. The monoisotopic (exact) mass is 504 g/mol. The Labute approximate surface area is 226 Å². The molecule has 0 aromatic carbocycles. The maximum Gasteiger partial charge on any atom is 1.00 e. The molecule has 0 heterocycles. The van der Waals surface area contributed by atoms with Crippen molar-refractivity contribution in [1.29, 1.82) is 0 Å². The maximum absolute atomic E-state index is 10.3. The molecule has 7 nitrogen and oxygen atoms in total. The van der Waals surface area contributed by atoms with Gasteiger partial charge < -0.3 is 18.8 Å². The molecule has 0 amide bonds. The van der Waals surface area contributed by atoms with E-state index in [4.69, 9.17) is 14.2 Å². The van der Waals surface area contributed by atoms with Crippen molar-refractivity contribution in [2.45, 2.75) is 116 Å². The summed E-state index contributed by atoms with van der Waals surface area (Å²) in [6.45, 7) is 6.08. The van der Waals surface area contributed by atoms with E-state index in [2.05, 4.69) is 18.0 Å². The predicted molar refractivity (Wildman–Crippen MR) is 128 cm³/mol. The van der Waals surface area contributed by atoms with E-state index in [1.165, 1.54) is 83.5 Å². The van der Waals surface area contributed by atoms with Crippen LogP contribution in [0.25, 0.3) is 0 Å². The van der Waals surface area contributed by atoms with Gasteiger partial charge in [-0.15, -0.1) is 0 Å². The third kappa shape index (κ3) is 30.7. The fourth-order valence-electron chi connectivity index (χ4n) is 3.58. The molecule has 0 N–H and O–H groups in total. The third-order valence-electron chi connectivity index (χ3n) is 5.42. The molecular weight excluding hydrogens is 455 g/mol. The van der Waals surface area contributed by atoms with Crippen LogP contribution in [0.5, 0.6) is 0 Å². The summed E-state index contributed by atoms with van der Waals surface area (Å²) in [6, 6.07) is 0. The first-order valence-corrected chi connectivity index (χ1v) is 14.2. The van der Waals surface area contributed by atoms with E-state index in [1.807, 2.05) is 0 Å². The predicted octanol–water partition coefficient (Wildman–Crippen LogP) is 2.78. The van der Waals surface area contributed by atoms with Crippen molar-refractivity contribution in [2.24, 2.45) is 0 Å². The van der Waals surface area contributed by atoms with Crippen molar-refractivity contribution in [2.75, 3.05) is 39.6 Å². The van der Waals surface area contributed by atoms with E-state index in [-0.39, 0.29) is 42.8 Å². The number of hydrogen-bond acceptors (Lipinski definition) is 7. The topological polar surface area (TPSA) is 94.1 Å². The van der Waals surface area contributed by atoms with Crippen LogP contribution in [0, 0.1) is 0 Å². The molecule has 0 saturated heterocycles. The van der Waals surface area contributed by atoms with E-state index in [9.17, 15) is 13.0 Å². The van der Waals surface area contributed by atoms with Crippen molar-refractivity contribution in [3.63, 3.8) is 0 Å². The van der Waals surface area contributed by atoms with Crippen LogP contribution >= 0.6 is 0 Å². The van der Waals surface area contributed by atoms with Gasteiger partial charge in [0.15, 0.2) is 0 Å². The van der Waals surface area contributed by atoms with Gasteiger partial charge in [0, 0.05) is 0 Å². The second kappa shape index (κ2) is 27.3. The summed E-state index contributed by atoms with van der Waals surface area (Å²) in [7, 11) is -4.64. The van der Waals surface area contributed by atoms with Gasteiger partial charge in [0.25, 0.3) is 0 Å². The van der Waals surface area contributed by atoms with Gasteiger partial charge in [-0.25, -0.2) is 8.42 Å². The summed E-state index contributed by atoms with van der Waals surface area (Å²) in [4.78, 5) is 0. The molecule has 0 aliphatic heterocycles. The Hall–Kier alpha value is 0.750. The number of rotatable bonds is 26. The average molecular weight is 505 g/mol. The Bertz CT molecular complexity index is 477. The Morgan fingerprint density at radius 3 is 1.45 bits per heavy atom. The Morgan fingerprint density at radius 2 is 1.00 bits per heavy atom. The zero-order valence-electron chi connectivity index (χ0n) is 21.7. The molecular formula is C24H49NaO7S. The molecule has 0 aliphatic carbocycles. The van der Waals surface area contributed by atoms with Gasteiger partial charge in [0.05, 0.1) is 45.7 Å². The van der Waals surface area contributed by atoms with Gasteiger partial charge in [-0.2, -0.15) is 0 Å². The molecule has 0 fully saturated rings.